The first-order chi connectivity index (χ1) is 5.77. The molecule has 0 saturated carbocycles. The Hall–Kier alpha value is -1.09. The van der Waals surface area contributed by atoms with Crippen LogP contribution in [0.4, 0.5) is 0 Å². The number of aliphatic hydroxyl groups excluding tert-OH is 1. The lowest BCUT2D eigenvalue weighted by atomic mass is 10.3. The molecule has 0 amide bonds. The summed E-state index contributed by atoms with van der Waals surface area (Å²) in [6, 6.07) is 0. The summed E-state index contributed by atoms with van der Waals surface area (Å²) in [5.41, 5.74) is 0. The van der Waals surface area contributed by atoms with Crippen LogP contribution in [-0.4, -0.2) is 35.9 Å². The third kappa shape index (κ3) is 1.95. The second kappa shape index (κ2) is 4.07. The molecule has 0 aromatic heterocycles. The predicted octanol–water partition coefficient (Wildman–Crippen LogP) is 0.781. The molecule has 0 aliphatic carbocycles. The van der Waals surface area contributed by atoms with Gasteiger partial charge >= 0.3 is 0 Å². The molecule has 0 spiro atoms. The fraction of sp³-hybridized carbons (Fsp3) is 0.444. The van der Waals surface area contributed by atoms with Crippen LogP contribution in [0.1, 0.15) is 6.42 Å². The molecule has 1 atom stereocenters. The van der Waals surface area contributed by atoms with E-state index in [1.54, 1.807) is 12.2 Å². The van der Waals surface area contributed by atoms with Crippen LogP contribution in [0.5, 0.6) is 0 Å². The van der Waals surface area contributed by atoms with Gasteiger partial charge in [0.2, 0.25) is 0 Å². The van der Waals surface area contributed by atoms with Gasteiger partial charge in [-0.05, 0) is 19.2 Å². The maximum absolute atomic E-state index is 9.26. The Balaban J connectivity index is 2.61. The van der Waals surface area contributed by atoms with Gasteiger partial charge in [-0.1, -0.05) is 12.7 Å². The summed E-state index contributed by atoms with van der Waals surface area (Å²) in [7, 11) is 0. The van der Waals surface area contributed by atoms with Gasteiger partial charge in [-0.15, -0.1) is 0 Å². The summed E-state index contributed by atoms with van der Waals surface area (Å²) in [5.74, 6) is 0.793. The summed E-state index contributed by atoms with van der Waals surface area (Å²) >= 11 is 0. The van der Waals surface area contributed by atoms with Gasteiger partial charge in [0.15, 0.2) is 0 Å². The van der Waals surface area contributed by atoms with Crippen molar-refractivity contribution in [1.82, 2.24) is 4.90 Å². The van der Waals surface area contributed by atoms with E-state index in [0.717, 1.165) is 18.8 Å². The largest absolute Gasteiger partial charge is 0.391 e. The van der Waals surface area contributed by atoms with Crippen molar-refractivity contribution in [1.29, 1.82) is 0 Å². The zero-order valence-electron chi connectivity index (χ0n) is 7.11. The molecule has 3 heteroatoms. The van der Waals surface area contributed by atoms with Crippen molar-refractivity contribution in [3.05, 3.63) is 24.6 Å². The molecule has 1 aliphatic rings. The van der Waals surface area contributed by atoms with Crippen LogP contribution in [0.2, 0.25) is 0 Å². The number of β-amino-alcohol motifs (C(OH)–C–C–N with tert-alkyl or cyclic N) is 1. The number of hydrogen-bond acceptors (Lipinski definition) is 3. The fourth-order valence-corrected chi connectivity index (χ4v) is 1.31. The molecule has 1 fully saturated rings. The highest BCUT2D eigenvalue weighted by atomic mass is 16.3. The highest BCUT2D eigenvalue weighted by Crippen LogP contribution is 2.15. The van der Waals surface area contributed by atoms with Crippen molar-refractivity contribution in [3.63, 3.8) is 0 Å². The lowest BCUT2D eigenvalue weighted by molar-refractivity contribution is 0.183. The van der Waals surface area contributed by atoms with Crippen LogP contribution in [0.15, 0.2) is 29.5 Å². The molecule has 1 heterocycles. The van der Waals surface area contributed by atoms with E-state index in [4.69, 9.17) is 0 Å². The normalized spacial score (nSPS) is 24.2. The monoisotopic (exact) mass is 166 g/mol. The van der Waals surface area contributed by atoms with Crippen molar-refractivity contribution in [2.24, 2.45) is 4.99 Å². The standard InChI is InChI=1S/C9H14N2O/c1-3-4-9(10-2)11-6-5-8(12)7-11/h3-4,8,12H,1-2,5-7H2. The summed E-state index contributed by atoms with van der Waals surface area (Å²) in [6.45, 7) is 8.54. The molecular formula is C9H14N2O. The number of aliphatic hydroxyl groups is 1. The van der Waals surface area contributed by atoms with E-state index in [9.17, 15) is 5.11 Å². The lowest BCUT2D eigenvalue weighted by Crippen LogP contribution is -2.20. The van der Waals surface area contributed by atoms with Crippen molar-refractivity contribution < 1.29 is 5.11 Å². The summed E-state index contributed by atoms with van der Waals surface area (Å²) in [6.07, 6.45) is 4.06. The van der Waals surface area contributed by atoms with Crippen LogP contribution in [-0.2, 0) is 0 Å². The van der Waals surface area contributed by atoms with Crippen molar-refractivity contribution >= 4 is 6.72 Å². The van der Waals surface area contributed by atoms with Gasteiger partial charge < -0.3 is 10.0 Å². The fourth-order valence-electron chi connectivity index (χ4n) is 1.31. The Morgan fingerprint density at radius 2 is 2.42 bits per heavy atom. The predicted molar refractivity (Wildman–Crippen MR) is 50.0 cm³/mol. The number of hydrogen-bond donors (Lipinski definition) is 1. The minimum Gasteiger partial charge on any atom is -0.391 e. The SMILES string of the molecule is C=CC=C(N=C)N1CCC(O)C1. The quantitative estimate of drug-likeness (QED) is 0.497. The number of allylic oxidation sites excluding steroid dienone is 2. The second-order valence-corrected chi connectivity index (χ2v) is 2.81. The highest BCUT2D eigenvalue weighted by molar-refractivity contribution is 5.29. The van der Waals surface area contributed by atoms with E-state index in [0.29, 0.717) is 6.54 Å². The molecule has 0 radical (unpaired) electrons. The van der Waals surface area contributed by atoms with Gasteiger partial charge in [0.05, 0.1) is 6.10 Å². The zero-order valence-corrected chi connectivity index (χ0v) is 7.11. The van der Waals surface area contributed by atoms with Crippen LogP contribution in [0.25, 0.3) is 0 Å². The Labute approximate surface area is 72.7 Å². The first-order valence-corrected chi connectivity index (χ1v) is 4.00. The minimum absolute atomic E-state index is 0.222. The molecule has 3 nitrogen and oxygen atoms in total. The average Bonchev–Trinajstić information content (AvgIpc) is 2.47. The molecule has 1 unspecified atom stereocenters. The third-order valence-electron chi connectivity index (χ3n) is 1.92. The molecule has 0 bridgehead atoms. The molecule has 0 aromatic rings. The molecule has 12 heavy (non-hydrogen) atoms. The van der Waals surface area contributed by atoms with Crippen LogP contribution < -0.4 is 0 Å². The van der Waals surface area contributed by atoms with Crippen molar-refractivity contribution in [3.8, 4) is 0 Å². The van der Waals surface area contributed by atoms with Gasteiger partial charge in [-0.3, -0.25) is 0 Å². The molecule has 1 aliphatic heterocycles. The van der Waals surface area contributed by atoms with Gasteiger partial charge in [0.25, 0.3) is 0 Å². The topological polar surface area (TPSA) is 35.8 Å². The van der Waals surface area contributed by atoms with Crippen LogP contribution in [0.3, 0.4) is 0 Å². The maximum Gasteiger partial charge on any atom is 0.127 e. The van der Waals surface area contributed by atoms with Gasteiger partial charge in [-0.25, -0.2) is 4.99 Å². The minimum atomic E-state index is -0.222. The van der Waals surface area contributed by atoms with Crippen LogP contribution in [0, 0.1) is 0 Å². The van der Waals surface area contributed by atoms with Gasteiger partial charge in [-0.2, -0.15) is 0 Å². The molecule has 1 rings (SSSR count). The maximum atomic E-state index is 9.26. The Morgan fingerprint density at radius 3 is 2.83 bits per heavy atom. The van der Waals surface area contributed by atoms with Crippen molar-refractivity contribution in [2.45, 2.75) is 12.5 Å². The molecule has 1 saturated heterocycles. The second-order valence-electron chi connectivity index (χ2n) is 2.81. The third-order valence-corrected chi connectivity index (χ3v) is 1.92. The van der Waals surface area contributed by atoms with E-state index in [1.807, 2.05) is 4.90 Å². The van der Waals surface area contributed by atoms with E-state index in [1.165, 1.54) is 0 Å². The summed E-state index contributed by atoms with van der Waals surface area (Å²) in [5, 5.41) is 9.26. The Bertz CT molecular complexity index is 211. The van der Waals surface area contributed by atoms with E-state index >= 15 is 0 Å². The van der Waals surface area contributed by atoms with Crippen molar-refractivity contribution in [2.75, 3.05) is 13.1 Å². The Kier molecular flexibility index (Phi) is 3.05. The summed E-state index contributed by atoms with van der Waals surface area (Å²) < 4.78 is 0. The zero-order chi connectivity index (χ0) is 8.97. The smallest absolute Gasteiger partial charge is 0.127 e. The number of rotatable bonds is 3. The Morgan fingerprint density at radius 1 is 1.67 bits per heavy atom. The highest BCUT2D eigenvalue weighted by Gasteiger charge is 2.20. The first-order valence-electron chi connectivity index (χ1n) is 4.00. The van der Waals surface area contributed by atoms with E-state index in [2.05, 4.69) is 18.3 Å². The number of aliphatic imine (C=N–C) groups is 1. The lowest BCUT2D eigenvalue weighted by Gasteiger charge is -2.16. The first kappa shape index (κ1) is 9.00. The van der Waals surface area contributed by atoms with Gasteiger partial charge in [0, 0.05) is 13.1 Å². The van der Waals surface area contributed by atoms with Crippen LogP contribution >= 0.6 is 0 Å². The summed E-state index contributed by atoms with van der Waals surface area (Å²) in [4.78, 5) is 5.85. The molecule has 1 N–H and O–H groups in total. The van der Waals surface area contributed by atoms with E-state index < -0.39 is 0 Å². The number of nitrogens with zero attached hydrogens (tertiary/aromatic N) is 2. The average molecular weight is 166 g/mol. The molecule has 0 aromatic carbocycles. The number of likely N-dealkylation sites (tertiary alicyclic amines) is 1. The molecule has 66 valence electrons. The van der Waals surface area contributed by atoms with E-state index in [-0.39, 0.29) is 6.10 Å². The molecular weight excluding hydrogens is 152 g/mol. The van der Waals surface area contributed by atoms with Gasteiger partial charge in [0.1, 0.15) is 5.82 Å².